The van der Waals surface area contributed by atoms with E-state index >= 15 is 0 Å². The molecule has 7 nitrogen and oxygen atoms in total. The van der Waals surface area contributed by atoms with E-state index in [0.29, 0.717) is 18.7 Å². The summed E-state index contributed by atoms with van der Waals surface area (Å²) in [6, 6.07) is 6.25. The fraction of sp³-hybridized carbons (Fsp3) is 0.700. The van der Waals surface area contributed by atoms with Gasteiger partial charge in [-0.25, -0.2) is 4.79 Å². The minimum atomic E-state index is -0.794. The van der Waals surface area contributed by atoms with Crippen molar-refractivity contribution in [3.05, 3.63) is 35.4 Å². The molecule has 0 aliphatic heterocycles. The van der Waals surface area contributed by atoms with Gasteiger partial charge in [-0.3, -0.25) is 9.59 Å². The number of ether oxygens (including phenoxy) is 1. The molecular weight excluding hydrogens is 498 g/mol. The van der Waals surface area contributed by atoms with Crippen LogP contribution < -0.4 is 10.6 Å². The Balaban J connectivity index is 3.43. The van der Waals surface area contributed by atoms with Crippen LogP contribution in [0, 0.1) is 0 Å². The molecule has 0 saturated carbocycles. The van der Waals surface area contributed by atoms with E-state index in [1.807, 2.05) is 44.4 Å². The first-order valence-electron chi connectivity index (χ1n) is 14.1. The number of amides is 3. The van der Waals surface area contributed by atoms with E-state index in [9.17, 15) is 14.4 Å². The van der Waals surface area contributed by atoms with E-state index in [-0.39, 0.29) is 17.9 Å². The molecule has 0 saturated heterocycles. The quantitative estimate of drug-likeness (QED) is 0.238. The van der Waals surface area contributed by atoms with E-state index in [4.69, 9.17) is 4.74 Å². The van der Waals surface area contributed by atoms with Crippen LogP contribution in [0.1, 0.15) is 104 Å². The highest BCUT2D eigenvalue weighted by molar-refractivity contribution is 7.98. The van der Waals surface area contributed by atoms with Crippen LogP contribution in [-0.4, -0.2) is 59.0 Å². The average molecular weight is 550 g/mol. The highest BCUT2D eigenvalue weighted by Crippen LogP contribution is 2.25. The summed E-state index contributed by atoms with van der Waals surface area (Å²) in [6.45, 7) is 13.9. The molecule has 0 spiro atoms. The number of nitrogens with zero attached hydrogens (tertiary/aromatic N) is 1. The van der Waals surface area contributed by atoms with E-state index in [1.54, 1.807) is 37.4 Å². The number of unbranched alkanes of at least 4 members (excludes halogenated alkanes) is 4. The minimum absolute atomic E-state index is 0.0754. The summed E-state index contributed by atoms with van der Waals surface area (Å²) in [7, 11) is 0. The fourth-order valence-corrected chi connectivity index (χ4v) is 4.64. The number of thioether (sulfide) groups is 1. The van der Waals surface area contributed by atoms with Gasteiger partial charge in [0.25, 0.3) is 0 Å². The van der Waals surface area contributed by atoms with Gasteiger partial charge < -0.3 is 20.3 Å². The normalized spacial score (nSPS) is 13.1. The topological polar surface area (TPSA) is 87.7 Å². The predicted octanol–water partition coefficient (Wildman–Crippen LogP) is 6.26. The zero-order valence-electron chi connectivity index (χ0n) is 24.9. The zero-order chi connectivity index (χ0) is 28.7. The Labute approximate surface area is 235 Å². The van der Waals surface area contributed by atoms with Crippen LogP contribution in [-0.2, 0) is 20.7 Å². The van der Waals surface area contributed by atoms with Crippen molar-refractivity contribution in [2.75, 3.05) is 18.6 Å². The second kappa shape index (κ2) is 17.4. The van der Waals surface area contributed by atoms with Crippen LogP contribution in [0.2, 0.25) is 0 Å². The molecule has 1 aromatic carbocycles. The summed E-state index contributed by atoms with van der Waals surface area (Å²) in [5.74, 6) is 0.209. The second-order valence-electron chi connectivity index (χ2n) is 11.1. The van der Waals surface area contributed by atoms with Gasteiger partial charge in [-0.2, -0.15) is 11.8 Å². The number of alkyl carbamates (subject to hydrolysis) is 1. The molecule has 1 aromatic rings. The summed E-state index contributed by atoms with van der Waals surface area (Å²) in [6.07, 6.45) is 7.77. The number of hydrogen-bond donors (Lipinski definition) is 2. The van der Waals surface area contributed by atoms with Crippen LogP contribution in [0.3, 0.4) is 0 Å². The molecule has 0 aliphatic rings. The van der Waals surface area contributed by atoms with Gasteiger partial charge in [0.1, 0.15) is 17.7 Å². The third-order valence-electron chi connectivity index (χ3n) is 6.08. The Morgan fingerprint density at radius 1 is 0.974 bits per heavy atom. The van der Waals surface area contributed by atoms with Crippen molar-refractivity contribution < 1.29 is 19.1 Å². The Morgan fingerprint density at radius 2 is 1.61 bits per heavy atom. The maximum atomic E-state index is 14.2. The maximum Gasteiger partial charge on any atom is 0.408 e. The molecule has 0 bridgehead atoms. The molecule has 0 radical (unpaired) electrons. The number of hydrogen-bond acceptors (Lipinski definition) is 5. The Hall–Kier alpha value is -2.22. The van der Waals surface area contributed by atoms with Crippen LogP contribution in [0.5, 0.6) is 0 Å². The Kier molecular flexibility index (Phi) is 15.5. The summed E-state index contributed by atoms with van der Waals surface area (Å²) < 4.78 is 5.47. The molecular formula is C30H51N3O4S. The Bertz CT molecular complexity index is 852. The van der Waals surface area contributed by atoms with Gasteiger partial charge in [0.2, 0.25) is 11.8 Å². The molecule has 0 heterocycles. The minimum Gasteiger partial charge on any atom is -0.444 e. The second-order valence-corrected chi connectivity index (χ2v) is 12.1. The molecule has 0 fully saturated rings. The van der Waals surface area contributed by atoms with E-state index in [0.717, 1.165) is 44.1 Å². The molecule has 3 amide bonds. The largest absolute Gasteiger partial charge is 0.444 e. The van der Waals surface area contributed by atoms with Crippen LogP contribution in [0.15, 0.2) is 24.3 Å². The van der Waals surface area contributed by atoms with Gasteiger partial charge in [0.15, 0.2) is 0 Å². The van der Waals surface area contributed by atoms with Crippen LogP contribution in [0.4, 0.5) is 4.79 Å². The summed E-state index contributed by atoms with van der Waals surface area (Å²) in [5, 5.41) is 5.83. The van der Waals surface area contributed by atoms with Gasteiger partial charge in [0, 0.05) is 12.6 Å². The molecule has 1 rings (SSSR count). The summed E-state index contributed by atoms with van der Waals surface area (Å²) in [5.41, 5.74) is 1.25. The molecule has 2 N–H and O–H groups in total. The average Bonchev–Trinajstić information content (AvgIpc) is 2.84. The number of nitrogens with one attached hydrogen (secondary N) is 2. The molecule has 8 heteroatoms. The van der Waals surface area contributed by atoms with Crippen LogP contribution in [0.25, 0.3) is 0 Å². The SMILES string of the molecule is CCCCCCCN(C(=O)C(CCSC)NC(=O)OC(C)(C)C)C(C(=O)NC(C)C)c1ccc(CC)cc1. The molecule has 216 valence electrons. The molecule has 0 aliphatic carbocycles. The lowest BCUT2D eigenvalue weighted by molar-refractivity contribution is -0.142. The maximum absolute atomic E-state index is 14.2. The number of carbonyl (C=O) groups excluding carboxylic acids is 3. The third kappa shape index (κ3) is 12.5. The van der Waals surface area contributed by atoms with E-state index in [2.05, 4.69) is 24.5 Å². The van der Waals surface area contributed by atoms with Crippen molar-refractivity contribution in [3.8, 4) is 0 Å². The van der Waals surface area contributed by atoms with Crippen molar-refractivity contribution >= 4 is 29.7 Å². The fourth-order valence-electron chi connectivity index (χ4n) is 4.17. The number of aryl methyl sites for hydroxylation is 1. The first kappa shape index (κ1) is 33.8. The van der Waals surface area contributed by atoms with Gasteiger partial charge in [-0.05, 0) is 77.0 Å². The summed E-state index contributed by atoms with van der Waals surface area (Å²) in [4.78, 5) is 42.1. The zero-order valence-corrected chi connectivity index (χ0v) is 25.7. The smallest absolute Gasteiger partial charge is 0.408 e. The van der Waals surface area contributed by atoms with Gasteiger partial charge in [-0.15, -0.1) is 0 Å². The number of benzene rings is 1. The monoisotopic (exact) mass is 549 g/mol. The number of carbonyl (C=O) groups is 3. The van der Waals surface area contributed by atoms with Crippen molar-refractivity contribution in [2.45, 2.75) is 117 Å². The van der Waals surface area contributed by atoms with Gasteiger partial charge in [0.05, 0.1) is 0 Å². The standard InChI is InChI=1S/C30H51N3O4S/c1-9-11-12-13-14-20-33(28(35)25(19-21-38-8)32-29(36)37-30(5,6)7)26(27(34)31-22(3)4)24-17-15-23(10-2)16-18-24/h15-18,22,25-26H,9-14,19-21H2,1-8H3,(H,31,34)(H,32,36). The molecule has 2 atom stereocenters. The lowest BCUT2D eigenvalue weighted by atomic mass is 9.99. The van der Waals surface area contributed by atoms with Gasteiger partial charge in [-0.1, -0.05) is 63.8 Å². The van der Waals surface area contributed by atoms with Crippen molar-refractivity contribution in [2.24, 2.45) is 0 Å². The number of rotatable bonds is 16. The van der Waals surface area contributed by atoms with Gasteiger partial charge >= 0.3 is 6.09 Å². The van der Waals surface area contributed by atoms with Crippen LogP contribution >= 0.6 is 11.8 Å². The van der Waals surface area contributed by atoms with Crippen molar-refractivity contribution in [1.29, 1.82) is 0 Å². The molecule has 2 unspecified atom stereocenters. The lowest BCUT2D eigenvalue weighted by Gasteiger charge is -2.35. The highest BCUT2D eigenvalue weighted by atomic mass is 32.2. The lowest BCUT2D eigenvalue weighted by Crippen LogP contribution is -2.54. The molecule has 38 heavy (non-hydrogen) atoms. The Morgan fingerprint density at radius 3 is 2.13 bits per heavy atom. The van der Waals surface area contributed by atoms with Crippen molar-refractivity contribution in [3.63, 3.8) is 0 Å². The first-order chi connectivity index (χ1) is 17.9. The molecule has 0 aromatic heterocycles. The predicted molar refractivity (Wildman–Crippen MR) is 158 cm³/mol. The van der Waals surface area contributed by atoms with E-state index < -0.39 is 23.8 Å². The first-order valence-corrected chi connectivity index (χ1v) is 15.5. The highest BCUT2D eigenvalue weighted by Gasteiger charge is 2.36. The summed E-state index contributed by atoms with van der Waals surface area (Å²) >= 11 is 1.61. The third-order valence-corrected chi connectivity index (χ3v) is 6.72. The van der Waals surface area contributed by atoms with E-state index in [1.165, 1.54) is 5.56 Å². The van der Waals surface area contributed by atoms with Crippen molar-refractivity contribution in [1.82, 2.24) is 15.5 Å².